The molecule has 0 radical (unpaired) electrons. The molecule has 1 saturated heterocycles. The van der Waals surface area contributed by atoms with E-state index in [0.29, 0.717) is 25.9 Å². The first-order valence-electron chi connectivity index (χ1n) is 12.3. The number of carboxylic acids is 1. The van der Waals surface area contributed by atoms with E-state index in [2.05, 4.69) is 34.9 Å². The van der Waals surface area contributed by atoms with Crippen LogP contribution in [0.25, 0.3) is 11.1 Å². The molecule has 8 nitrogen and oxygen atoms in total. The van der Waals surface area contributed by atoms with Crippen LogP contribution in [0.1, 0.15) is 49.1 Å². The topological polar surface area (TPSA) is 114 Å². The van der Waals surface area contributed by atoms with E-state index in [1.165, 1.54) is 11.1 Å². The SMILES string of the molecule is O=C(NC1CCCC(C(=O)N[C@H]2CCO[C@H]2C(=O)O)C1)OCC1c2ccccc2-c2ccccc21. The number of aliphatic carboxylic acids is 1. The van der Waals surface area contributed by atoms with Gasteiger partial charge in [0, 0.05) is 24.5 Å². The molecule has 0 spiro atoms. The lowest BCUT2D eigenvalue weighted by Crippen LogP contribution is -2.48. The number of alkyl carbamates (subject to hydrolysis) is 1. The lowest BCUT2D eigenvalue weighted by Gasteiger charge is -2.30. The molecule has 3 aliphatic rings. The molecule has 2 aromatic rings. The van der Waals surface area contributed by atoms with Crippen molar-refractivity contribution in [2.24, 2.45) is 5.92 Å². The highest BCUT2D eigenvalue weighted by Gasteiger charge is 2.37. The van der Waals surface area contributed by atoms with Crippen molar-refractivity contribution in [3.8, 4) is 11.1 Å². The van der Waals surface area contributed by atoms with Gasteiger partial charge in [-0.3, -0.25) is 4.79 Å². The first-order valence-corrected chi connectivity index (χ1v) is 12.3. The third kappa shape index (κ3) is 4.89. The monoisotopic (exact) mass is 478 g/mol. The number of amides is 2. The van der Waals surface area contributed by atoms with Gasteiger partial charge >= 0.3 is 12.1 Å². The van der Waals surface area contributed by atoms with Crippen LogP contribution < -0.4 is 10.6 Å². The minimum absolute atomic E-state index is 0.00570. The first kappa shape index (κ1) is 23.4. The largest absolute Gasteiger partial charge is 0.479 e. The van der Waals surface area contributed by atoms with Crippen molar-refractivity contribution < 1.29 is 29.0 Å². The Morgan fingerprint density at radius 2 is 1.63 bits per heavy atom. The molecule has 8 heteroatoms. The van der Waals surface area contributed by atoms with E-state index in [9.17, 15) is 19.5 Å². The van der Waals surface area contributed by atoms with Crippen LogP contribution in [0.2, 0.25) is 0 Å². The third-order valence-corrected chi connectivity index (χ3v) is 7.37. The van der Waals surface area contributed by atoms with Crippen LogP contribution in [0, 0.1) is 5.92 Å². The summed E-state index contributed by atoms with van der Waals surface area (Å²) in [7, 11) is 0. The van der Waals surface area contributed by atoms with Gasteiger partial charge in [0.15, 0.2) is 6.10 Å². The summed E-state index contributed by atoms with van der Waals surface area (Å²) in [5, 5.41) is 15.0. The van der Waals surface area contributed by atoms with E-state index in [1.54, 1.807) is 0 Å². The number of benzene rings is 2. The van der Waals surface area contributed by atoms with Crippen LogP contribution in [0.4, 0.5) is 4.79 Å². The fourth-order valence-corrected chi connectivity index (χ4v) is 5.65. The molecule has 2 amide bonds. The molecular weight excluding hydrogens is 448 g/mol. The second-order valence-electron chi connectivity index (χ2n) is 9.56. The molecule has 4 atom stereocenters. The van der Waals surface area contributed by atoms with E-state index in [-0.39, 0.29) is 30.4 Å². The zero-order chi connectivity index (χ0) is 24.4. The van der Waals surface area contributed by atoms with E-state index in [1.807, 2.05) is 24.3 Å². The van der Waals surface area contributed by atoms with Gasteiger partial charge in [-0.25, -0.2) is 9.59 Å². The Labute approximate surface area is 204 Å². The number of ether oxygens (including phenoxy) is 2. The van der Waals surface area contributed by atoms with Gasteiger partial charge in [-0.05, 0) is 47.9 Å². The predicted molar refractivity (Wildman–Crippen MR) is 128 cm³/mol. The Balaban J connectivity index is 1.14. The Kier molecular flexibility index (Phi) is 6.72. The van der Waals surface area contributed by atoms with Crippen molar-refractivity contribution in [3.63, 3.8) is 0 Å². The summed E-state index contributed by atoms with van der Waals surface area (Å²) in [6.07, 6.45) is 1.79. The van der Waals surface area contributed by atoms with Crippen LogP contribution in [0.15, 0.2) is 48.5 Å². The smallest absolute Gasteiger partial charge is 0.407 e. The molecule has 0 aromatic heterocycles. The maximum absolute atomic E-state index is 12.8. The third-order valence-electron chi connectivity index (χ3n) is 7.37. The zero-order valence-electron chi connectivity index (χ0n) is 19.4. The standard InChI is InChI=1S/C27H30N2O6/c30-25(29-23-12-13-34-24(23)26(31)32)16-6-5-7-17(14-16)28-27(33)35-15-22-20-10-3-1-8-18(20)19-9-2-4-11-21(19)22/h1-4,8-11,16-17,22-24H,5-7,12-15H2,(H,28,33)(H,29,30)(H,31,32)/t16?,17?,23-,24+/m0/s1. The summed E-state index contributed by atoms with van der Waals surface area (Å²) in [6.45, 7) is 0.563. The maximum atomic E-state index is 12.8. The molecule has 1 aliphatic heterocycles. The molecule has 2 fully saturated rings. The molecule has 5 rings (SSSR count). The summed E-state index contributed by atoms with van der Waals surface area (Å²) in [4.78, 5) is 36.7. The summed E-state index contributed by atoms with van der Waals surface area (Å²) < 4.78 is 10.9. The first-order chi connectivity index (χ1) is 17.0. The van der Waals surface area contributed by atoms with E-state index in [4.69, 9.17) is 9.47 Å². The molecule has 0 bridgehead atoms. The van der Waals surface area contributed by atoms with Crippen molar-refractivity contribution in [1.29, 1.82) is 0 Å². The second kappa shape index (κ2) is 10.1. The summed E-state index contributed by atoms with van der Waals surface area (Å²) in [5.41, 5.74) is 4.67. The number of carbonyl (C=O) groups is 3. The van der Waals surface area contributed by atoms with Gasteiger partial charge in [0.2, 0.25) is 5.91 Å². The molecule has 35 heavy (non-hydrogen) atoms. The second-order valence-corrected chi connectivity index (χ2v) is 9.56. The van der Waals surface area contributed by atoms with Crippen LogP contribution in [0.3, 0.4) is 0 Å². The number of nitrogens with one attached hydrogen (secondary N) is 2. The highest BCUT2D eigenvalue weighted by atomic mass is 16.5. The Morgan fingerprint density at radius 3 is 2.31 bits per heavy atom. The van der Waals surface area contributed by atoms with Gasteiger partial charge in [0.25, 0.3) is 0 Å². The average molecular weight is 479 g/mol. The number of hydrogen-bond acceptors (Lipinski definition) is 5. The lowest BCUT2D eigenvalue weighted by molar-refractivity contribution is -0.148. The highest BCUT2D eigenvalue weighted by molar-refractivity contribution is 5.81. The van der Waals surface area contributed by atoms with Gasteiger partial charge in [-0.15, -0.1) is 0 Å². The van der Waals surface area contributed by atoms with Gasteiger partial charge < -0.3 is 25.2 Å². The maximum Gasteiger partial charge on any atom is 0.407 e. The van der Waals surface area contributed by atoms with Crippen molar-refractivity contribution in [1.82, 2.24) is 10.6 Å². The van der Waals surface area contributed by atoms with Gasteiger partial charge in [-0.2, -0.15) is 0 Å². The number of fused-ring (bicyclic) bond motifs is 3. The molecule has 1 saturated carbocycles. The molecule has 3 N–H and O–H groups in total. The van der Waals surface area contributed by atoms with Gasteiger partial charge in [-0.1, -0.05) is 55.0 Å². The number of carbonyl (C=O) groups excluding carboxylic acids is 2. The van der Waals surface area contributed by atoms with Crippen molar-refractivity contribution in [2.45, 2.75) is 56.2 Å². The van der Waals surface area contributed by atoms with Crippen LogP contribution >= 0.6 is 0 Å². The minimum atomic E-state index is -1.06. The predicted octanol–water partition coefficient (Wildman–Crippen LogP) is 3.44. The number of carboxylic acid groups (broad SMARTS) is 1. The highest BCUT2D eigenvalue weighted by Crippen LogP contribution is 2.44. The van der Waals surface area contributed by atoms with E-state index < -0.39 is 24.2 Å². The summed E-state index contributed by atoms with van der Waals surface area (Å²) in [5.74, 6) is -1.52. The van der Waals surface area contributed by atoms with Crippen LogP contribution in [-0.4, -0.2) is 54.5 Å². The van der Waals surface area contributed by atoms with E-state index >= 15 is 0 Å². The Bertz CT molecular complexity index is 1070. The average Bonchev–Trinajstić information content (AvgIpc) is 3.45. The Morgan fingerprint density at radius 1 is 0.943 bits per heavy atom. The summed E-state index contributed by atoms with van der Waals surface area (Å²) >= 11 is 0. The molecule has 2 unspecified atom stereocenters. The lowest BCUT2D eigenvalue weighted by atomic mass is 9.85. The Hall–Kier alpha value is -3.39. The van der Waals surface area contributed by atoms with Gasteiger partial charge in [0.1, 0.15) is 6.61 Å². The molecule has 2 aromatic carbocycles. The van der Waals surface area contributed by atoms with Crippen molar-refractivity contribution in [2.75, 3.05) is 13.2 Å². The molecular formula is C27H30N2O6. The number of hydrogen-bond donors (Lipinski definition) is 3. The molecule has 1 heterocycles. The van der Waals surface area contributed by atoms with Crippen LogP contribution in [-0.2, 0) is 19.1 Å². The minimum Gasteiger partial charge on any atom is -0.479 e. The zero-order valence-corrected chi connectivity index (χ0v) is 19.4. The molecule has 2 aliphatic carbocycles. The number of rotatable bonds is 6. The quantitative estimate of drug-likeness (QED) is 0.586. The normalized spacial score (nSPS) is 25.4. The van der Waals surface area contributed by atoms with Crippen LogP contribution in [0.5, 0.6) is 0 Å². The fraction of sp³-hybridized carbons (Fsp3) is 0.444. The van der Waals surface area contributed by atoms with E-state index in [0.717, 1.165) is 24.0 Å². The van der Waals surface area contributed by atoms with Crippen molar-refractivity contribution >= 4 is 18.0 Å². The summed E-state index contributed by atoms with van der Waals surface area (Å²) in [6, 6.07) is 15.7. The van der Waals surface area contributed by atoms with Gasteiger partial charge in [0.05, 0.1) is 6.04 Å². The fourth-order valence-electron chi connectivity index (χ4n) is 5.65. The van der Waals surface area contributed by atoms with Crippen molar-refractivity contribution in [3.05, 3.63) is 59.7 Å². The molecule has 184 valence electrons.